The van der Waals surface area contributed by atoms with Gasteiger partial charge in [-0.2, -0.15) is 5.10 Å². The van der Waals surface area contributed by atoms with E-state index in [0.29, 0.717) is 11.3 Å². The first-order valence-electron chi connectivity index (χ1n) is 10.7. The molecule has 8 heteroatoms. The molecule has 0 unspecified atom stereocenters. The predicted octanol–water partition coefficient (Wildman–Crippen LogP) is 4.41. The molecule has 0 aliphatic heterocycles. The van der Waals surface area contributed by atoms with E-state index in [1.165, 1.54) is 0 Å². The van der Waals surface area contributed by atoms with Crippen LogP contribution in [-0.2, 0) is 20.0 Å². The van der Waals surface area contributed by atoms with Crippen molar-refractivity contribution in [1.29, 1.82) is 0 Å². The van der Waals surface area contributed by atoms with Gasteiger partial charge in [-0.15, -0.1) is 0 Å². The quantitative estimate of drug-likeness (QED) is 0.525. The van der Waals surface area contributed by atoms with Gasteiger partial charge in [0, 0.05) is 36.6 Å². The van der Waals surface area contributed by atoms with Crippen molar-refractivity contribution < 1.29 is 9.53 Å². The lowest BCUT2D eigenvalue weighted by molar-refractivity contribution is 0.0950. The number of hydrogen-bond donors (Lipinski definition) is 2. The fourth-order valence-corrected chi connectivity index (χ4v) is 3.81. The second-order valence-corrected chi connectivity index (χ2v) is 8.50. The van der Waals surface area contributed by atoms with Crippen LogP contribution < -0.4 is 15.6 Å². The minimum atomic E-state index is -0.378. The standard InChI is InChI=1S/C24H29ClN4O3/c1-6-7-16-8-15(4)28-24(31)20(16)12-26-23(30)19-9-17(18-11-27-29(5)13-18)10-21(22(19)25)32-14(2)3/h8-11,13-14H,6-7,12H2,1-5H3,(H,26,30)(H,28,31). The molecule has 0 aliphatic rings. The second kappa shape index (κ2) is 10.0. The summed E-state index contributed by atoms with van der Waals surface area (Å²) < 4.78 is 7.54. The Morgan fingerprint density at radius 3 is 2.66 bits per heavy atom. The number of halogens is 1. The number of carbonyl (C=O) groups excluding carboxylic acids is 1. The number of amides is 1. The Balaban J connectivity index is 1.95. The van der Waals surface area contributed by atoms with E-state index in [2.05, 4.69) is 22.3 Å². The zero-order valence-electron chi connectivity index (χ0n) is 19.1. The van der Waals surface area contributed by atoms with Crippen molar-refractivity contribution in [2.75, 3.05) is 0 Å². The van der Waals surface area contributed by atoms with Gasteiger partial charge in [0.2, 0.25) is 0 Å². The van der Waals surface area contributed by atoms with Gasteiger partial charge >= 0.3 is 0 Å². The lowest BCUT2D eigenvalue weighted by Crippen LogP contribution is -2.28. The highest BCUT2D eigenvalue weighted by Crippen LogP contribution is 2.35. The molecule has 32 heavy (non-hydrogen) atoms. The van der Waals surface area contributed by atoms with Crippen molar-refractivity contribution in [2.24, 2.45) is 7.05 Å². The van der Waals surface area contributed by atoms with Crippen LogP contribution in [0.2, 0.25) is 5.02 Å². The van der Waals surface area contributed by atoms with E-state index in [-0.39, 0.29) is 34.7 Å². The van der Waals surface area contributed by atoms with Gasteiger partial charge in [-0.25, -0.2) is 0 Å². The van der Waals surface area contributed by atoms with Crippen LogP contribution in [-0.4, -0.2) is 26.8 Å². The van der Waals surface area contributed by atoms with Crippen molar-refractivity contribution in [2.45, 2.75) is 53.2 Å². The van der Waals surface area contributed by atoms with Gasteiger partial charge < -0.3 is 15.0 Å². The molecule has 0 saturated carbocycles. The van der Waals surface area contributed by atoms with Gasteiger partial charge in [0.15, 0.2) is 0 Å². The number of aromatic amines is 1. The van der Waals surface area contributed by atoms with Crippen molar-refractivity contribution in [3.63, 3.8) is 0 Å². The number of benzene rings is 1. The van der Waals surface area contributed by atoms with E-state index in [0.717, 1.165) is 35.2 Å². The Hall–Kier alpha value is -3.06. The summed E-state index contributed by atoms with van der Waals surface area (Å²) in [6.45, 7) is 7.80. The fourth-order valence-electron chi connectivity index (χ4n) is 3.57. The molecule has 1 aromatic carbocycles. The molecule has 2 heterocycles. The summed E-state index contributed by atoms with van der Waals surface area (Å²) in [5, 5.41) is 7.30. The number of aromatic nitrogens is 3. The molecule has 1 amide bonds. The molecule has 0 bridgehead atoms. The third kappa shape index (κ3) is 5.40. The molecule has 0 radical (unpaired) electrons. The molecule has 0 aliphatic carbocycles. The SMILES string of the molecule is CCCc1cc(C)[nH]c(=O)c1CNC(=O)c1cc(-c2cnn(C)c2)cc(OC(C)C)c1Cl. The fraction of sp³-hybridized carbons (Fsp3) is 0.375. The van der Waals surface area contributed by atoms with Gasteiger partial charge in [-0.1, -0.05) is 24.9 Å². The number of H-pyrrole nitrogens is 1. The third-order valence-electron chi connectivity index (χ3n) is 4.99. The van der Waals surface area contributed by atoms with Crippen LogP contribution in [0.1, 0.15) is 54.4 Å². The first kappa shape index (κ1) is 23.6. The van der Waals surface area contributed by atoms with Crippen molar-refractivity contribution in [1.82, 2.24) is 20.1 Å². The molecule has 3 rings (SSSR count). The van der Waals surface area contributed by atoms with E-state index < -0.39 is 0 Å². The van der Waals surface area contributed by atoms with Gasteiger partial charge in [-0.3, -0.25) is 14.3 Å². The molecule has 0 saturated heterocycles. The van der Waals surface area contributed by atoms with E-state index in [9.17, 15) is 9.59 Å². The molecule has 0 atom stereocenters. The van der Waals surface area contributed by atoms with Crippen LogP contribution in [0.3, 0.4) is 0 Å². The number of ether oxygens (including phenoxy) is 1. The second-order valence-electron chi connectivity index (χ2n) is 8.12. The maximum Gasteiger partial charge on any atom is 0.253 e. The smallest absolute Gasteiger partial charge is 0.253 e. The van der Waals surface area contributed by atoms with Crippen LogP contribution in [0, 0.1) is 6.92 Å². The van der Waals surface area contributed by atoms with Crippen molar-refractivity contribution in [3.05, 3.63) is 68.4 Å². The number of rotatable bonds is 8. The van der Waals surface area contributed by atoms with Crippen LogP contribution in [0.25, 0.3) is 11.1 Å². The maximum atomic E-state index is 13.1. The summed E-state index contributed by atoms with van der Waals surface area (Å²) in [6.07, 6.45) is 5.12. The summed E-state index contributed by atoms with van der Waals surface area (Å²) in [5.41, 5.74) is 4.00. The molecular weight excluding hydrogens is 428 g/mol. The van der Waals surface area contributed by atoms with Gasteiger partial charge in [0.1, 0.15) is 5.75 Å². The highest BCUT2D eigenvalue weighted by Gasteiger charge is 2.19. The Morgan fingerprint density at radius 2 is 2.03 bits per heavy atom. The number of nitrogens with zero attached hydrogens (tertiary/aromatic N) is 2. The number of carbonyl (C=O) groups is 1. The number of aryl methyl sites for hydroxylation is 3. The minimum Gasteiger partial charge on any atom is -0.489 e. The summed E-state index contributed by atoms with van der Waals surface area (Å²) in [6, 6.07) is 5.48. The Labute approximate surface area is 192 Å². The van der Waals surface area contributed by atoms with Crippen LogP contribution in [0.5, 0.6) is 5.75 Å². The molecule has 0 spiro atoms. The number of nitrogens with one attached hydrogen (secondary N) is 2. The third-order valence-corrected chi connectivity index (χ3v) is 5.38. The van der Waals surface area contributed by atoms with E-state index in [1.54, 1.807) is 23.0 Å². The minimum absolute atomic E-state index is 0.109. The molecule has 0 fully saturated rings. The Bertz CT molecular complexity index is 1180. The van der Waals surface area contributed by atoms with Crippen LogP contribution in [0.15, 0.2) is 35.4 Å². The molecule has 2 N–H and O–H groups in total. The summed E-state index contributed by atoms with van der Waals surface area (Å²) in [4.78, 5) is 28.4. The number of hydrogen-bond acceptors (Lipinski definition) is 4. The first-order valence-corrected chi connectivity index (χ1v) is 11.1. The topological polar surface area (TPSA) is 89.0 Å². The van der Waals surface area contributed by atoms with Crippen molar-refractivity contribution >= 4 is 17.5 Å². The lowest BCUT2D eigenvalue weighted by atomic mass is 10.0. The van der Waals surface area contributed by atoms with E-state index in [1.807, 2.05) is 40.1 Å². The lowest BCUT2D eigenvalue weighted by Gasteiger charge is -2.16. The van der Waals surface area contributed by atoms with E-state index in [4.69, 9.17) is 16.3 Å². The predicted molar refractivity (Wildman–Crippen MR) is 126 cm³/mol. The van der Waals surface area contributed by atoms with Crippen LogP contribution in [0.4, 0.5) is 0 Å². The Kier molecular flexibility index (Phi) is 7.40. The highest BCUT2D eigenvalue weighted by molar-refractivity contribution is 6.35. The summed E-state index contributed by atoms with van der Waals surface area (Å²) in [7, 11) is 1.82. The normalized spacial score (nSPS) is 11.1. The largest absolute Gasteiger partial charge is 0.489 e. The zero-order valence-corrected chi connectivity index (χ0v) is 19.8. The van der Waals surface area contributed by atoms with Gasteiger partial charge in [0.25, 0.3) is 11.5 Å². The Morgan fingerprint density at radius 1 is 1.28 bits per heavy atom. The average Bonchev–Trinajstić information content (AvgIpc) is 3.14. The first-order chi connectivity index (χ1) is 15.2. The monoisotopic (exact) mass is 456 g/mol. The van der Waals surface area contributed by atoms with Gasteiger partial charge in [-0.05, 0) is 56.5 Å². The molecule has 3 aromatic rings. The van der Waals surface area contributed by atoms with Crippen LogP contribution >= 0.6 is 11.6 Å². The average molecular weight is 457 g/mol. The molecule has 2 aromatic heterocycles. The number of pyridine rings is 1. The van der Waals surface area contributed by atoms with E-state index >= 15 is 0 Å². The van der Waals surface area contributed by atoms with Gasteiger partial charge in [0.05, 0.1) is 22.9 Å². The molecule has 7 nitrogen and oxygen atoms in total. The zero-order chi connectivity index (χ0) is 23.4. The molecule has 170 valence electrons. The summed E-state index contributed by atoms with van der Waals surface area (Å²) >= 11 is 6.55. The highest BCUT2D eigenvalue weighted by atomic mass is 35.5. The maximum absolute atomic E-state index is 13.1. The summed E-state index contributed by atoms with van der Waals surface area (Å²) in [5.74, 6) is 0.0461. The molecular formula is C24H29ClN4O3. The van der Waals surface area contributed by atoms with Crippen molar-refractivity contribution in [3.8, 4) is 16.9 Å².